The van der Waals surface area contributed by atoms with Gasteiger partial charge in [0.15, 0.2) is 5.65 Å². The number of amides is 1. The average molecular weight is 431 g/mol. The number of benzene rings is 2. The number of fused-ring (bicyclic) bond motifs is 1. The van der Waals surface area contributed by atoms with Gasteiger partial charge in [0.1, 0.15) is 17.0 Å². The Morgan fingerprint density at radius 2 is 1.78 bits per heavy atom. The summed E-state index contributed by atoms with van der Waals surface area (Å²) in [5.74, 6) is 1.17. The summed E-state index contributed by atoms with van der Waals surface area (Å²) in [4.78, 5) is 30.0. The molecule has 2 heterocycles. The van der Waals surface area contributed by atoms with Gasteiger partial charge in [-0.3, -0.25) is 14.2 Å². The van der Waals surface area contributed by atoms with Crippen LogP contribution in [0.3, 0.4) is 0 Å². The number of methoxy groups -OCH3 is 1. The molecule has 0 radical (unpaired) electrons. The lowest BCUT2D eigenvalue weighted by molar-refractivity contribution is -0.121. The van der Waals surface area contributed by atoms with Crippen LogP contribution in [0.1, 0.15) is 23.4 Å². The Balaban J connectivity index is 1.46. The minimum Gasteiger partial charge on any atom is -0.497 e. The molecule has 0 saturated heterocycles. The first kappa shape index (κ1) is 21.3. The highest BCUT2D eigenvalue weighted by molar-refractivity contribution is 5.76. The average Bonchev–Trinajstić information content (AvgIpc) is 3.22. The SMILES string of the molecule is COc1ccc(CNC(=O)CCn2c(C)nc3c(cnn3-c3ccc(C)cc3)c2=O)cc1. The van der Waals surface area contributed by atoms with E-state index in [9.17, 15) is 9.59 Å². The van der Waals surface area contributed by atoms with Gasteiger partial charge in [0.2, 0.25) is 5.91 Å². The van der Waals surface area contributed by atoms with Crippen molar-refractivity contribution in [2.75, 3.05) is 7.11 Å². The number of carbonyl (C=O) groups excluding carboxylic acids is 1. The predicted molar refractivity (Wildman–Crippen MR) is 122 cm³/mol. The number of ether oxygens (including phenoxy) is 1. The highest BCUT2D eigenvalue weighted by Crippen LogP contribution is 2.15. The summed E-state index contributed by atoms with van der Waals surface area (Å²) in [6.45, 7) is 4.44. The Labute approximate surface area is 185 Å². The second-order valence-corrected chi connectivity index (χ2v) is 7.62. The number of nitrogens with one attached hydrogen (secondary N) is 1. The van der Waals surface area contributed by atoms with E-state index in [1.54, 1.807) is 18.7 Å². The van der Waals surface area contributed by atoms with E-state index in [-0.39, 0.29) is 24.4 Å². The number of hydrogen-bond donors (Lipinski definition) is 1. The molecule has 0 bridgehead atoms. The molecule has 4 aromatic rings. The van der Waals surface area contributed by atoms with Crippen LogP contribution in [0.2, 0.25) is 0 Å². The Kier molecular flexibility index (Phi) is 6.02. The smallest absolute Gasteiger partial charge is 0.264 e. The van der Waals surface area contributed by atoms with Crippen molar-refractivity contribution < 1.29 is 9.53 Å². The quantitative estimate of drug-likeness (QED) is 0.486. The van der Waals surface area contributed by atoms with E-state index in [1.807, 2.05) is 55.5 Å². The molecule has 8 nitrogen and oxygen atoms in total. The van der Waals surface area contributed by atoms with Crippen LogP contribution in [-0.4, -0.2) is 32.3 Å². The molecule has 0 atom stereocenters. The van der Waals surface area contributed by atoms with E-state index in [1.165, 1.54) is 10.8 Å². The maximum atomic E-state index is 13.0. The number of hydrogen-bond acceptors (Lipinski definition) is 5. The van der Waals surface area contributed by atoms with E-state index in [2.05, 4.69) is 15.4 Å². The molecule has 1 N–H and O–H groups in total. The first-order valence-electron chi connectivity index (χ1n) is 10.4. The molecule has 32 heavy (non-hydrogen) atoms. The molecule has 2 aromatic heterocycles. The van der Waals surface area contributed by atoms with Crippen molar-refractivity contribution in [2.24, 2.45) is 0 Å². The summed E-state index contributed by atoms with van der Waals surface area (Å²) in [6, 6.07) is 15.4. The van der Waals surface area contributed by atoms with E-state index in [0.717, 1.165) is 22.6 Å². The summed E-state index contributed by atoms with van der Waals surface area (Å²) in [6.07, 6.45) is 1.71. The highest BCUT2D eigenvalue weighted by atomic mass is 16.5. The summed E-state index contributed by atoms with van der Waals surface area (Å²) in [5.41, 5.74) is 3.26. The van der Waals surface area contributed by atoms with Gasteiger partial charge in [0.05, 0.1) is 19.0 Å². The Hall–Kier alpha value is -3.94. The van der Waals surface area contributed by atoms with Crippen LogP contribution in [0.5, 0.6) is 5.75 Å². The van der Waals surface area contributed by atoms with Gasteiger partial charge in [0, 0.05) is 19.5 Å². The molecule has 0 aliphatic rings. The van der Waals surface area contributed by atoms with E-state index >= 15 is 0 Å². The number of nitrogens with zero attached hydrogens (tertiary/aromatic N) is 4. The van der Waals surface area contributed by atoms with Crippen LogP contribution >= 0.6 is 0 Å². The number of carbonyl (C=O) groups is 1. The molecule has 0 unspecified atom stereocenters. The third-order valence-electron chi connectivity index (χ3n) is 5.37. The normalized spacial score (nSPS) is 11.0. The van der Waals surface area contributed by atoms with Gasteiger partial charge in [0.25, 0.3) is 5.56 Å². The van der Waals surface area contributed by atoms with E-state index in [4.69, 9.17) is 4.74 Å². The lowest BCUT2D eigenvalue weighted by Crippen LogP contribution is -2.29. The first-order valence-corrected chi connectivity index (χ1v) is 10.4. The van der Waals surface area contributed by atoms with Crippen LogP contribution < -0.4 is 15.6 Å². The molecule has 8 heteroatoms. The van der Waals surface area contributed by atoms with Crippen molar-refractivity contribution in [3.05, 3.63) is 82.0 Å². The van der Waals surface area contributed by atoms with Gasteiger partial charge in [-0.25, -0.2) is 9.67 Å². The van der Waals surface area contributed by atoms with Crippen LogP contribution in [-0.2, 0) is 17.9 Å². The fourth-order valence-electron chi connectivity index (χ4n) is 3.49. The van der Waals surface area contributed by atoms with Crippen LogP contribution in [0.25, 0.3) is 16.7 Å². The van der Waals surface area contributed by atoms with Gasteiger partial charge in [-0.2, -0.15) is 5.10 Å². The second-order valence-electron chi connectivity index (χ2n) is 7.62. The maximum absolute atomic E-state index is 13.0. The summed E-state index contributed by atoms with van der Waals surface area (Å²) >= 11 is 0. The van der Waals surface area contributed by atoms with Crippen LogP contribution in [0.4, 0.5) is 0 Å². The lowest BCUT2D eigenvalue weighted by Gasteiger charge is -2.11. The second kappa shape index (κ2) is 9.05. The summed E-state index contributed by atoms with van der Waals surface area (Å²) in [7, 11) is 1.61. The van der Waals surface area contributed by atoms with Crippen molar-refractivity contribution in [2.45, 2.75) is 33.4 Å². The minimum absolute atomic E-state index is 0.137. The Bertz CT molecular complexity index is 1300. The van der Waals surface area contributed by atoms with Crippen molar-refractivity contribution in [3.8, 4) is 11.4 Å². The zero-order chi connectivity index (χ0) is 22.7. The van der Waals surface area contributed by atoms with Gasteiger partial charge < -0.3 is 10.1 Å². The monoisotopic (exact) mass is 431 g/mol. The molecule has 0 spiro atoms. The molecule has 2 aromatic carbocycles. The summed E-state index contributed by atoms with van der Waals surface area (Å²) in [5, 5.41) is 7.67. The van der Waals surface area contributed by atoms with Crippen molar-refractivity contribution >= 4 is 16.9 Å². The van der Waals surface area contributed by atoms with E-state index < -0.39 is 0 Å². The van der Waals surface area contributed by atoms with Crippen LogP contribution in [0.15, 0.2) is 59.5 Å². The first-order chi connectivity index (χ1) is 15.5. The highest BCUT2D eigenvalue weighted by Gasteiger charge is 2.15. The molecular formula is C24H25N5O3. The molecule has 0 aliphatic heterocycles. The fourth-order valence-corrected chi connectivity index (χ4v) is 3.49. The van der Waals surface area contributed by atoms with Gasteiger partial charge in [-0.1, -0.05) is 29.8 Å². The standard InChI is InChI=1S/C24H25N5O3/c1-16-4-8-19(9-5-16)29-23-21(15-26-29)24(31)28(17(2)27-23)13-12-22(30)25-14-18-6-10-20(32-3)11-7-18/h4-11,15H,12-14H2,1-3H3,(H,25,30). The lowest BCUT2D eigenvalue weighted by atomic mass is 10.2. The van der Waals surface area contributed by atoms with Crippen molar-refractivity contribution in [1.29, 1.82) is 0 Å². The zero-order valence-electron chi connectivity index (χ0n) is 18.3. The number of rotatable bonds is 7. The topological polar surface area (TPSA) is 91.0 Å². The van der Waals surface area contributed by atoms with Crippen LogP contribution in [0, 0.1) is 13.8 Å². The molecular weight excluding hydrogens is 406 g/mol. The Morgan fingerprint density at radius 1 is 1.06 bits per heavy atom. The zero-order valence-corrected chi connectivity index (χ0v) is 18.3. The van der Waals surface area contributed by atoms with Gasteiger partial charge in [-0.05, 0) is 43.7 Å². The molecule has 4 rings (SSSR count). The molecule has 0 fully saturated rings. The number of aryl methyl sites for hydroxylation is 2. The Morgan fingerprint density at radius 3 is 2.47 bits per heavy atom. The molecule has 0 aliphatic carbocycles. The molecule has 1 amide bonds. The van der Waals surface area contributed by atoms with E-state index in [0.29, 0.717) is 23.4 Å². The number of aromatic nitrogens is 4. The predicted octanol–water partition coefficient (Wildman–Crippen LogP) is 2.91. The molecule has 164 valence electrons. The fraction of sp³-hybridized carbons (Fsp3) is 0.250. The third kappa shape index (κ3) is 4.39. The van der Waals surface area contributed by atoms with Crippen molar-refractivity contribution in [1.82, 2.24) is 24.6 Å². The van der Waals surface area contributed by atoms with Gasteiger partial charge >= 0.3 is 0 Å². The van der Waals surface area contributed by atoms with Gasteiger partial charge in [-0.15, -0.1) is 0 Å². The maximum Gasteiger partial charge on any atom is 0.264 e. The largest absolute Gasteiger partial charge is 0.497 e. The minimum atomic E-state index is -0.200. The summed E-state index contributed by atoms with van der Waals surface area (Å²) < 4.78 is 8.32. The molecule has 0 saturated carbocycles. The third-order valence-corrected chi connectivity index (χ3v) is 5.37. The van der Waals surface area contributed by atoms with Crippen molar-refractivity contribution in [3.63, 3.8) is 0 Å².